The molecule has 2 N–H and O–H groups in total. The summed E-state index contributed by atoms with van der Waals surface area (Å²) in [5.74, 6) is -2.24. The van der Waals surface area contributed by atoms with E-state index in [2.05, 4.69) is 4.74 Å². The monoisotopic (exact) mass is 199 g/mol. The molecular formula is C7H12F3NO2. The van der Waals surface area contributed by atoms with Crippen LogP contribution in [0.2, 0.25) is 0 Å². The fourth-order valence-corrected chi connectivity index (χ4v) is 0.947. The maximum absolute atomic E-state index is 12.1. The normalized spacial score (nSPS) is 16.5. The maximum atomic E-state index is 12.1. The van der Waals surface area contributed by atoms with E-state index in [9.17, 15) is 18.0 Å². The van der Waals surface area contributed by atoms with Crippen molar-refractivity contribution >= 4 is 5.97 Å². The van der Waals surface area contributed by atoms with Crippen LogP contribution < -0.4 is 5.73 Å². The highest BCUT2D eigenvalue weighted by Crippen LogP contribution is 2.26. The fraction of sp³-hybridized carbons (Fsp3) is 0.857. The quantitative estimate of drug-likeness (QED) is 0.692. The number of methoxy groups -OCH3 is 1. The molecule has 0 unspecified atom stereocenters. The number of esters is 1. The summed E-state index contributed by atoms with van der Waals surface area (Å²) < 4.78 is 40.4. The van der Waals surface area contributed by atoms with Crippen LogP contribution in [-0.2, 0) is 9.53 Å². The van der Waals surface area contributed by atoms with E-state index in [0.29, 0.717) is 0 Å². The average molecular weight is 199 g/mol. The van der Waals surface area contributed by atoms with E-state index in [1.807, 2.05) is 0 Å². The second kappa shape index (κ2) is 4.45. The molecule has 0 aliphatic heterocycles. The van der Waals surface area contributed by atoms with Gasteiger partial charge in [0.05, 0.1) is 13.0 Å². The number of hydrogen-bond donors (Lipinski definition) is 1. The van der Waals surface area contributed by atoms with Gasteiger partial charge in [-0.05, 0) is 6.42 Å². The molecular weight excluding hydrogens is 187 g/mol. The van der Waals surface area contributed by atoms with Crippen LogP contribution in [0.5, 0.6) is 0 Å². The number of ether oxygens (including phenoxy) is 1. The van der Waals surface area contributed by atoms with Crippen LogP contribution in [0, 0.1) is 5.92 Å². The highest BCUT2D eigenvalue weighted by molar-refractivity contribution is 5.73. The highest BCUT2D eigenvalue weighted by Gasteiger charge is 2.44. The van der Waals surface area contributed by atoms with Crippen molar-refractivity contribution < 1.29 is 22.7 Å². The predicted octanol–water partition coefficient (Wildman–Crippen LogP) is 1.08. The van der Waals surface area contributed by atoms with Gasteiger partial charge in [-0.3, -0.25) is 4.79 Å². The molecule has 0 saturated heterocycles. The van der Waals surface area contributed by atoms with E-state index >= 15 is 0 Å². The minimum Gasteiger partial charge on any atom is -0.469 e. The Morgan fingerprint density at radius 1 is 1.54 bits per heavy atom. The fourth-order valence-electron chi connectivity index (χ4n) is 0.947. The molecule has 0 aromatic carbocycles. The number of rotatable bonds is 3. The number of hydrogen-bond acceptors (Lipinski definition) is 3. The number of alkyl halides is 3. The molecule has 0 aromatic rings. The van der Waals surface area contributed by atoms with E-state index in [1.165, 1.54) is 6.92 Å². The van der Waals surface area contributed by atoms with Crippen LogP contribution >= 0.6 is 0 Å². The first kappa shape index (κ1) is 12.2. The lowest BCUT2D eigenvalue weighted by atomic mass is 9.97. The molecule has 78 valence electrons. The van der Waals surface area contributed by atoms with Crippen molar-refractivity contribution in [1.29, 1.82) is 0 Å². The zero-order valence-corrected chi connectivity index (χ0v) is 7.39. The second-order valence-electron chi connectivity index (χ2n) is 2.61. The molecule has 0 rings (SSSR count). The van der Waals surface area contributed by atoms with Crippen molar-refractivity contribution in [2.75, 3.05) is 7.11 Å². The third-order valence-corrected chi connectivity index (χ3v) is 1.76. The first-order valence-electron chi connectivity index (χ1n) is 3.74. The Hall–Kier alpha value is -0.780. The Labute approximate surface area is 74.0 Å². The molecule has 0 bridgehead atoms. The number of halogens is 3. The summed E-state index contributed by atoms with van der Waals surface area (Å²) in [4.78, 5) is 10.8. The molecule has 0 aliphatic rings. The summed E-state index contributed by atoms with van der Waals surface area (Å²) in [7, 11) is 1.04. The van der Waals surface area contributed by atoms with Crippen molar-refractivity contribution in [2.45, 2.75) is 25.6 Å². The summed E-state index contributed by atoms with van der Waals surface area (Å²) in [5.41, 5.74) is 4.86. The van der Waals surface area contributed by atoms with Crippen LogP contribution in [0.3, 0.4) is 0 Å². The van der Waals surface area contributed by atoms with Crippen LogP contribution in [0.15, 0.2) is 0 Å². The van der Waals surface area contributed by atoms with E-state index < -0.39 is 24.1 Å². The first-order chi connectivity index (χ1) is 5.84. The molecule has 3 nitrogen and oxygen atoms in total. The van der Waals surface area contributed by atoms with Crippen molar-refractivity contribution in [3.63, 3.8) is 0 Å². The molecule has 0 heterocycles. The summed E-state index contributed by atoms with van der Waals surface area (Å²) in [6.07, 6.45) is -4.55. The Bertz CT molecular complexity index is 181. The minimum absolute atomic E-state index is 0.00729. The second-order valence-corrected chi connectivity index (χ2v) is 2.61. The predicted molar refractivity (Wildman–Crippen MR) is 39.8 cm³/mol. The lowest BCUT2D eigenvalue weighted by molar-refractivity contribution is -0.174. The Morgan fingerprint density at radius 2 is 2.00 bits per heavy atom. The molecule has 6 heteroatoms. The summed E-state index contributed by atoms with van der Waals surface area (Å²) in [6.45, 7) is 1.45. The molecule has 0 spiro atoms. The summed E-state index contributed by atoms with van der Waals surface area (Å²) in [5, 5.41) is 0. The van der Waals surface area contributed by atoms with Gasteiger partial charge in [-0.1, -0.05) is 6.92 Å². The molecule has 0 aliphatic carbocycles. The molecule has 13 heavy (non-hydrogen) atoms. The largest absolute Gasteiger partial charge is 0.469 e. The maximum Gasteiger partial charge on any atom is 0.404 e. The van der Waals surface area contributed by atoms with Gasteiger partial charge in [0, 0.05) is 0 Å². The smallest absolute Gasteiger partial charge is 0.404 e. The Balaban J connectivity index is 4.50. The molecule has 0 fully saturated rings. The number of carbonyl (C=O) groups excluding carboxylic acids is 1. The minimum atomic E-state index is -4.56. The van der Waals surface area contributed by atoms with Gasteiger partial charge < -0.3 is 10.5 Å². The third kappa shape index (κ3) is 3.22. The van der Waals surface area contributed by atoms with E-state index in [1.54, 1.807) is 0 Å². The SMILES string of the molecule is CC[C@@H](C(=O)OC)[C@@H](N)C(F)(F)F. The van der Waals surface area contributed by atoms with Crippen molar-refractivity contribution in [3.05, 3.63) is 0 Å². The molecule has 0 amide bonds. The Morgan fingerprint density at radius 3 is 2.23 bits per heavy atom. The standard InChI is InChI=1S/C7H12F3NO2/c1-3-4(6(12)13-2)5(11)7(8,9)10/h4-5H,3,11H2,1-2H3/t4-,5-/m1/s1. The van der Waals surface area contributed by atoms with Crippen molar-refractivity contribution in [3.8, 4) is 0 Å². The molecule has 0 radical (unpaired) electrons. The lowest BCUT2D eigenvalue weighted by Crippen LogP contribution is -2.46. The van der Waals surface area contributed by atoms with Gasteiger partial charge in [0.1, 0.15) is 6.04 Å². The Kier molecular flexibility index (Phi) is 4.19. The average Bonchev–Trinajstić information content (AvgIpc) is 2.03. The summed E-state index contributed by atoms with van der Waals surface area (Å²) >= 11 is 0. The van der Waals surface area contributed by atoms with Crippen molar-refractivity contribution in [1.82, 2.24) is 0 Å². The summed E-state index contributed by atoms with van der Waals surface area (Å²) in [6, 6.07) is -2.15. The van der Waals surface area contributed by atoms with Gasteiger partial charge in [0.15, 0.2) is 0 Å². The number of carbonyl (C=O) groups is 1. The van der Waals surface area contributed by atoms with Gasteiger partial charge in [-0.15, -0.1) is 0 Å². The first-order valence-corrected chi connectivity index (χ1v) is 3.74. The third-order valence-electron chi connectivity index (χ3n) is 1.76. The molecule has 2 atom stereocenters. The molecule has 0 aromatic heterocycles. The van der Waals surface area contributed by atoms with Crippen LogP contribution in [0.4, 0.5) is 13.2 Å². The lowest BCUT2D eigenvalue weighted by Gasteiger charge is -2.22. The van der Waals surface area contributed by atoms with Crippen LogP contribution in [-0.4, -0.2) is 25.3 Å². The van der Waals surface area contributed by atoms with Gasteiger partial charge in [0.25, 0.3) is 0 Å². The van der Waals surface area contributed by atoms with Gasteiger partial charge >= 0.3 is 12.1 Å². The van der Waals surface area contributed by atoms with Gasteiger partial charge in [-0.25, -0.2) is 0 Å². The topological polar surface area (TPSA) is 52.3 Å². The zero-order valence-electron chi connectivity index (χ0n) is 7.39. The zero-order chi connectivity index (χ0) is 10.6. The van der Waals surface area contributed by atoms with Gasteiger partial charge in [-0.2, -0.15) is 13.2 Å². The highest BCUT2D eigenvalue weighted by atomic mass is 19.4. The van der Waals surface area contributed by atoms with E-state index in [-0.39, 0.29) is 6.42 Å². The van der Waals surface area contributed by atoms with Gasteiger partial charge in [0.2, 0.25) is 0 Å². The van der Waals surface area contributed by atoms with Crippen LogP contribution in [0.1, 0.15) is 13.3 Å². The number of nitrogens with two attached hydrogens (primary N) is 1. The van der Waals surface area contributed by atoms with Crippen molar-refractivity contribution in [2.24, 2.45) is 11.7 Å². The molecule has 0 saturated carbocycles. The van der Waals surface area contributed by atoms with Crippen LogP contribution in [0.25, 0.3) is 0 Å². The van der Waals surface area contributed by atoms with E-state index in [4.69, 9.17) is 5.73 Å². The van der Waals surface area contributed by atoms with E-state index in [0.717, 1.165) is 7.11 Å².